The molecule has 8 heteroatoms. The molecule has 1 aliphatic heterocycles. The first-order chi connectivity index (χ1) is 20.5. The zero-order valence-electron chi connectivity index (χ0n) is 25.1. The second kappa shape index (κ2) is 12.5. The smallest absolute Gasteiger partial charge is 0.238 e. The second-order valence-corrected chi connectivity index (χ2v) is 13.0. The first kappa shape index (κ1) is 30.7. The number of carbonyl (C=O) groups excluding carboxylic acids is 2. The Morgan fingerprint density at radius 3 is 2.16 bits per heavy atom. The van der Waals surface area contributed by atoms with Crippen LogP contribution in [0.15, 0.2) is 84.9 Å². The minimum Gasteiger partial charge on any atom is -0.530 e. The van der Waals surface area contributed by atoms with E-state index in [0.29, 0.717) is 25.8 Å². The highest BCUT2D eigenvalue weighted by atomic mass is 16.4. The Bertz CT molecular complexity index is 1410. The third-order valence-electron chi connectivity index (χ3n) is 8.95. The molecule has 3 aromatic rings. The van der Waals surface area contributed by atoms with Crippen LogP contribution in [0.5, 0.6) is 0 Å². The molecule has 0 aromatic heterocycles. The average Bonchev–Trinajstić information content (AvgIpc) is 3.51. The number of fused-ring (bicyclic) bond motifs is 1. The second-order valence-electron chi connectivity index (χ2n) is 13.0. The standard InChI is InChI=1S/C35H43N3O5/c1-34(2,3)38(33(41)42)30(21-25-14-8-5-9-15-25)35(43)18-19-37(23-35)28(20-24-12-6-4-7-13-24)32(40)36-31-27-17-11-10-16-26(27)22-29(31)39/h4-17,28-31,39,43H,18-23H2,1-3H3,(H,36,40)(H,41,42)/p-1/t28-,29+,30-,31-,35+/m0/s1. The van der Waals surface area contributed by atoms with Gasteiger partial charge in [-0.3, -0.25) is 9.69 Å². The van der Waals surface area contributed by atoms with Crippen LogP contribution in [0.3, 0.4) is 0 Å². The van der Waals surface area contributed by atoms with Crippen LogP contribution in [0.2, 0.25) is 0 Å². The van der Waals surface area contributed by atoms with E-state index < -0.39 is 41.5 Å². The van der Waals surface area contributed by atoms with Crippen LogP contribution in [0, 0.1) is 0 Å². The number of nitrogens with one attached hydrogen (secondary N) is 1. The van der Waals surface area contributed by atoms with E-state index in [0.717, 1.165) is 22.3 Å². The SMILES string of the molecule is CC(C)(C)N(C(=O)[O-])[C@@H](Cc1ccccc1)[C@@]1(O)CCN([C@@H](Cc2ccccc2)C(=O)N[C@H]2c3ccccc3C[C@H]2O)C1. The number of hydrogen-bond donors (Lipinski definition) is 3. The largest absolute Gasteiger partial charge is 0.530 e. The normalized spacial score (nSPS) is 23.4. The molecule has 1 aliphatic carbocycles. The van der Waals surface area contributed by atoms with Crippen molar-refractivity contribution >= 4 is 12.0 Å². The Kier molecular flexibility index (Phi) is 8.92. The lowest BCUT2D eigenvalue weighted by Gasteiger charge is -2.49. The Morgan fingerprint density at radius 2 is 1.56 bits per heavy atom. The van der Waals surface area contributed by atoms with Crippen molar-refractivity contribution in [3.8, 4) is 0 Å². The summed E-state index contributed by atoms with van der Waals surface area (Å²) in [6.07, 6.45) is -0.601. The molecular formula is C35H42N3O5-. The molecule has 8 nitrogen and oxygen atoms in total. The van der Waals surface area contributed by atoms with Gasteiger partial charge in [0, 0.05) is 25.0 Å². The van der Waals surface area contributed by atoms with Crippen molar-refractivity contribution < 1.29 is 24.9 Å². The quantitative estimate of drug-likeness (QED) is 0.356. The van der Waals surface area contributed by atoms with Gasteiger partial charge in [0.2, 0.25) is 5.91 Å². The van der Waals surface area contributed by atoms with Gasteiger partial charge in [-0.05, 0) is 62.3 Å². The van der Waals surface area contributed by atoms with Gasteiger partial charge in [0.25, 0.3) is 0 Å². The predicted molar refractivity (Wildman–Crippen MR) is 163 cm³/mol. The monoisotopic (exact) mass is 584 g/mol. The van der Waals surface area contributed by atoms with E-state index in [1.165, 1.54) is 4.90 Å². The van der Waals surface area contributed by atoms with Crippen LogP contribution >= 0.6 is 0 Å². The first-order valence-corrected chi connectivity index (χ1v) is 15.1. The lowest BCUT2D eigenvalue weighted by molar-refractivity contribution is -0.278. The van der Waals surface area contributed by atoms with E-state index in [1.807, 2.05) is 89.8 Å². The molecule has 0 radical (unpaired) electrons. The molecule has 1 saturated heterocycles. The molecule has 0 bridgehead atoms. The van der Waals surface area contributed by atoms with Gasteiger partial charge in [-0.15, -0.1) is 0 Å². The van der Waals surface area contributed by atoms with Crippen molar-refractivity contribution in [3.63, 3.8) is 0 Å². The lowest BCUT2D eigenvalue weighted by atomic mass is 9.84. The number of amides is 2. The Hall–Kier alpha value is -3.72. The highest BCUT2D eigenvalue weighted by molar-refractivity contribution is 5.83. The minimum absolute atomic E-state index is 0.110. The number of hydrogen-bond acceptors (Lipinski definition) is 6. The van der Waals surface area contributed by atoms with Crippen LogP contribution in [-0.4, -0.2) is 74.4 Å². The van der Waals surface area contributed by atoms with Gasteiger partial charge in [-0.1, -0.05) is 84.9 Å². The summed E-state index contributed by atoms with van der Waals surface area (Å²) in [5.74, 6) is -0.235. The fourth-order valence-electron chi connectivity index (χ4n) is 6.83. The number of carbonyl (C=O) groups is 2. The first-order valence-electron chi connectivity index (χ1n) is 15.1. The zero-order valence-corrected chi connectivity index (χ0v) is 25.1. The molecule has 5 atom stereocenters. The van der Waals surface area contributed by atoms with Crippen molar-refractivity contribution in [2.45, 2.75) is 81.8 Å². The van der Waals surface area contributed by atoms with Crippen molar-refractivity contribution in [3.05, 3.63) is 107 Å². The van der Waals surface area contributed by atoms with Gasteiger partial charge in [0.1, 0.15) is 6.09 Å². The van der Waals surface area contributed by atoms with E-state index in [2.05, 4.69) is 5.32 Å². The number of carboxylic acid groups (broad SMARTS) is 1. The van der Waals surface area contributed by atoms with Crippen LogP contribution in [-0.2, 0) is 24.1 Å². The Balaban J connectivity index is 1.44. The molecule has 0 saturated carbocycles. The molecule has 0 spiro atoms. The maximum absolute atomic E-state index is 14.1. The number of nitrogens with zero attached hydrogens (tertiary/aromatic N) is 2. The summed E-state index contributed by atoms with van der Waals surface area (Å²) in [5.41, 5.74) is 1.55. The summed E-state index contributed by atoms with van der Waals surface area (Å²) in [6.45, 7) is 5.91. The maximum atomic E-state index is 14.1. The van der Waals surface area contributed by atoms with Gasteiger partial charge in [0.15, 0.2) is 0 Å². The summed E-state index contributed by atoms with van der Waals surface area (Å²) in [7, 11) is 0. The highest BCUT2D eigenvalue weighted by Crippen LogP contribution is 2.36. The van der Waals surface area contributed by atoms with E-state index in [1.54, 1.807) is 20.8 Å². The number of rotatable bonds is 9. The number of β-amino-alcohol motifs (C(OH)–C–C–N with tert-alkyl or cyclic N) is 1. The van der Waals surface area contributed by atoms with Crippen molar-refractivity contribution in [2.75, 3.05) is 13.1 Å². The summed E-state index contributed by atoms with van der Waals surface area (Å²) in [5, 5.41) is 38.8. The molecule has 3 aromatic carbocycles. The summed E-state index contributed by atoms with van der Waals surface area (Å²) >= 11 is 0. The molecule has 1 fully saturated rings. The third kappa shape index (κ3) is 6.77. The lowest BCUT2D eigenvalue weighted by Crippen LogP contribution is -2.65. The summed E-state index contributed by atoms with van der Waals surface area (Å²) in [4.78, 5) is 29.9. The van der Waals surface area contributed by atoms with Gasteiger partial charge < -0.3 is 30.3 Å². The van der Waals surface area contributed by atoms with E-state index in [-0.39, 0.29) is 18.9 Å². The predicted octanol–water partition coefficient (Wildman–Crippen LogP) is 2.86. The van der Waals surface area contributed by atoms with E-state index in [9.17, 15) is 24.9 Å². The minimum atomic E-state index is -1.43. The molecule has 5 rings (SSSR count). The molecule has 43 heavy (non-hydrogen) atoms. The van der Waals surface area contributed by atoms with E-state index >= 15 is 0 Å². The fourth-order valence-corrected chi connectivity index (χ4v) is 6.83. The topological polar surface area (TPSA) is 116 Å². The highest BCUT2D eigenvalue weighted by Gasteiger charge is 2.50. The van der Waals surface area contributed by atoms with Crippen LogP contribution < -0.4 is 10.4 Å². The van der Waals surface area contributed by atoms with Gasteiger partial charge in [0.05, 0.1) is 29.8 Å². The number of aliphatic hydroxyl groups excluding tert-OH is 1. The van der Waals surface area contributed by atoms with Crippen LogP contribution in [0.4, 0.5) is 4.79 Å². The molecule has 1 heterocycles. The molecule has 0 unspecified atom stereocenters. The van der Waals surface area contributed by atoms with Crippen molar-refractivity contribution in [1.82, 2.24) is 15.1 Å². The summed E-state index contributed by atoms with van der Waals surface area (Å²) in [6, 6.07) is 25.1. The zero-order chi connectivity index (χ0) is 30.8. The Labute approximate surface area is 254 Å². The number of benzene rings is 3. The molecular weight excluding hydrogens is 542 g/mol. The van der Waals surface area contributed by atoms with Gasteiger partial charge in [-0.25, -0.2) is 0 Å². The summed E-state index contributed by atoms with van der Waals surface area (Å²) < 4.78 is 0. The number of likely N-dealkylation sites (tertiary alicyclic amines) is 1. The third-order valence-corrected chi connectivity index (χ3v) is 8.95. The Morgan fingerprint density at radius 1 is 0.977 bits per heavy atom. The fraction of sp³-hybridized carbons (Fsp3) is 0.429. The molecule has 228 valence electrons. The van der Waals surface area contributed by atoms with Crippen LogP contribution in [0.1, 0.15) is 55.5 Å². The molecule has 3 N–H and O–H groups in total. The van der Waals surface area contributed by atoms with Crippen molar-refractivity contribution in [2.24, 2.45) is 0 Å². The van der Waals surface area contributed by atoms with E-state index in [4.69, 9.17) is 0 Å². The van der Waals surface area contributed by atoms with Crippen molar-refractivity contribution in [1.29, 1.82) is 0 Å². The van der Waals surface area contributed by atoms with Gasteiger partial charge in [-0.2, -0.15) is 0 Å². The number of aliphatic hydroxyl groups is 2. The average molecular weight is 585 g/mol. The van der Waals surface area contributed by atoms with Crippen LogP contribution in [0.25, 0.3) is 0 Å². The molecule has 2 aliphatic rings. The molecule has 2 amide bonds. The van der Waals surface area contributed by atoms with Gasteiger partial charge >= 0.3 is 0 Å². The maximum Gasteiger partial charge on any atom is 0.238 e.